The second-order valence-electron chi connectivity index (χ2n) is 4.68. The maximum absolute atomic E-state index is 12.0. The molecule has 0 radical (unpaired) electrons. The number of hydrogen-bond donors (Lipinski definition) is 3. The first-order valence-corrected chi connectivity index (χ1v) is 6.22. The minimum absolute atomic E-state index is 0.286. The number of likely N-dealkylation sites (N-methyl/N-ethyl adjacent to an activating group) is 1. The lowest BCUT2D eigenvalue weighted by atomic mass is 9.78. The lowest BCUT2D eigenvalue weighted by Crippen LogP contribution is -2.48. The van der Waals surface area contributed by atoms with E-state index >= 15 is 0 Å². The van der Waals surface area contributed by atoms with Crippen LogP contribution >= 0.6 is 0 Å². The van der Waals surface area contributed by atoms with Gasteiger partial charge in [0.25, 0.3) is 0 Å². The van der Waals surface area contributed by atoms with Gasteiger partial charge >= 0.3 is 5.97 Å². The molecule has 2 amide bonds. The summed E-state index contributed by atoms with van der Waals surface area (Å²) in [7, 11) is 1.49. The van der Waals surface area contributed by atoms with Gasteiger partial charge in [0.1, 0.15) is 6.04 Å². The van der Waals surface area contributed by atoms with Crippen LogP contribution in [0.2, 0.25) is 0 Å². The fourth-order valence-electron chi connectivity index (χ4n) is 2.34. The number of hydrogen-bond acceptors (Lipinski definition) is 3. The highest BCUT2D eigenvalue weighted by atomic mass is 16.4. The molecule has 3 N–H and O–H groups in total. The molecule has 0 aromatic carbocycles. The minimum atomic E-state index is -0.928. The molecule has 6 nitrogen and oxygen atoms in total. The van der Waals surface area contributed by atoms with Crippen molar-refractivity contribution in [3.05, 3.63) is 0 Å². The average Bonchev–Trinajstić information content (AvgIpc) is 2.37. The highest BCUT2D eigenvalue weighted by Crippen LogP contribution is 2.30. The van der Waals surface area contributed by atoms with Crippen LogP contribution in [0.1, 0.15) is 32.6 Å². The largest absolute Gasteiger partial charge is 0.481 e. The molecule has 0 aliphatic heterocycles. The van der Waals surface area contributed by atoms with Crippen molar-refractivity contribution in [3.8, 4) is 0 Å². The second-order valence-corrected chi connectivity index (χ2v) is 4.68. The fraction of sp³-hybridized carbons (Fsp3) is 0.750. The van der Waals surface area contributed by atoms with Crippen LogP contribution in [0.3, 0.4) is 0 Å². The van der Waals surface area contributed by atoms with E-state index in [0.29, 0.717) is 12.8 Å². The summed E-state index contributed by atoms with van der Waals surface area (Å²) in [4.78, 5) is 34.4. The second kappa shape index (κ2) is 6.37. The van der Waals surface area contributed by atoms with Gasteiger partial charge in [-0.2, -0.15) is 0 Å². The zero-order valence-electron chi connectivity index (χ0n) is 10.7. The Labute approximate surface area is 106 Å². The van der Waals surface area contributed by atoms with E-state index < -0.39 is 23.8 Å². The lowest BCUT2D eigenvalue weighted by molar-refractivity contribution is -0.149. The van der Waals surface area contributed by atoms with Crippen molar-refractivity contribution >= 4 is 17.8 Å². The Morgan fingerprint density at radius 2 is 1.72 bits per heavy atom. The van der Waals surface area contributed by atoms with Crippen molar-refractivity contribution in [2.45, 2.75) is 38.6 Å². The van der Waals surface area contributed by atoms with Gasteiger partial charge in [-0.3, -0.25) is 14.4 Å². The van der Waals surface area contributed by atoms with Gasteiger partial charge in [-0.1, -0.05) is 12.8 Å². The first-order chi connectivity index (χ1) is 8.47. The summed E-state index contributed by atoms with van der Waals surface area (Å²) < 4.78 is 0. The van der Waals surface area contributed by atoms with Crippen LogP contribution in [0.15, 0.2) is 0 Å². The molecule has 3 atom stereocenters. The third-order valence-corrected chi connectivity index (χ3v) is 3.42. The zero-order valence-corrected chi connectivity index (χ0v) is 10.7. The molecule has 0 spiro atoms. The molecular formula is C12H20N2O4. The Morgan fingerprint density at radius 1 is 1.17 bits per heavy atom. The molecule has 18 heavy (non-hydrogen) atoms. The number of aliphatic carboxylic acids is 1. The maximum Gasteiger partial charge on any atom is 0.307 e. The maximum atomic E-state index is 12.0. The van der Waals surface area contributed by atoms with E-state index in [4.69, 9.17) is 5.11 Å². The summed E-state index contributed by atoms with van der Waals surface area (Å²) in [5.41, 5.74) is 0. The van der Waals surface area contributed by atoms with Crippen LogP contribution < -0.4 is 10.6 Å². The Kier molecular flexibility index (Phi) is 5.12. The molecule has 0 aromatic rings. The number of carbonyl (C=O) groups excluding carboxylic acids is 2. The monoisotopic (exact) mass is 256 g/mol. The van der Waals surface area contributed by atoms with E-state index in [1.54, 1.807) is 6.92 Å². The van der Waals surface area contributed by atoms with Gasteiger partial charge in [0, 0.05) is 7.05 Å². The minimum Gasteiger partial charge on any atom is -0.481 e. The van der Waals surface area contributed by atoms with Crippen molar-refractivity contribution < 1.29 is 19.5 Å². The van der Waals surface area contributed by atoms with Crippen molar-refractivity contribution in [3.63, 3.8) is 0 Å². The van der Waals surface area contributed by atoms with E-state index in [0.717, 1.165) is 12.8 Å². The number of nitrogens with one attached hydrogen (secondary N) is 2. The fourth-order valence-corrected chi connectivity index (χ4v) is 2.34. The molecule has 0 bridgehead atoms. The number of carboxylic acid groups (broad SMARTS) is 1. The van der Waals surface area contributed by atoms with Crippen molar-refractivity contribution in [2.24, 2.45) is 11.8 Å². The molecule has 1 fully saturated rings. The van der Waals surface area contributed by atoms with Gasteiger partial charge in [0.15, 0.2) is 0 Å². The number of carboxylic acids is 1. The summed E-state index contributed by atoms with van der Waals surface area (Å²) in [5, 5.41) is 14.1. The molecule has 0 aromatic heterocycles. The van der Waals surface area contributed by atoms with Crippen molar-refractivity contribution in [1.29, 1.82) is 0 Å². The number of amides is 2. The van der Waals surface area contributed by atoms with Gasteiger partial charge in [-0.05, 0) is 19.8 Å². The quantitative estimate of drug-likeness (QED) is 0.666. The predicted molar refractivity (Wildman–Crippen MR) is 64.8 cm³/mol. The summed E-state index contributed by atoms with van der Waals surface area (Å²) in [6.07, 6.45) is 2.80. The Bertz CT molecular complexity index is 343. The van der Waals surface area contributed by atoms with E-state index in [-0.39, 0.29) is 11.8 Å². The molecule has 1 aliphatic carbocycles. The average molecular weight is 256 g/mol. The first kappa shape index (κ1) is 14.5. The van der Waals surface area contributed by atoms with Crippen LogP contribution in [0, 0.1) is 11.8 Å². The van der Waals surface area contributed by atoms with Crippen LogP contribution in [-0.2, 0) is 14.4 Å². The molecular weight excluding hydrogens is 236 g/mol. The Balaban J connectivity index is 2.63. The van der Waals surface area contributed by atoms with Crippen molar-refractivity contribution in [1.82, 2.24) is 10.6 Å². The molecule has 0 saturated heterocycles. The van der Waals surface area contributed by atoms with E-state index in [1.807, 2.05) is 0 Å². The summed E-state index contributed by atoms with van der Waals surface area (Å²) in [6.45, 7) is 1.58. The van der Waals surface area contributed by atoms with Gasteiger partial charge in [-0.15, -0.1) is 0 Å². The molecule has 0 heterocycles. The standard InChI is InChI=1S/C12H20N2O4/c1-7(10(15)13-2)14-11(16)8-5-3-4-6-9(8)12(17)18/h7-9H,3-6H2,1-2H3,(H,13,15)(H,14,16)(H,17,18)/t7?,8-,9+/m1/s1. The van der Waals surface area contributed by atoms with E-state index in [1.165, 1.54) is 7.05 Å². The number of rotatable bonds is 4. The third kappa shape index (κ3) is 3.45. The first-order valence-electron chi connectivity index (χ1n) is 6.22. The molecule has 1 aliphatic rings. The Morgan fingerprint density at radius 3 is 2.22 bits per heavy atom. The molecule has 1 unspecified atom stereocenters. The topological polar surface area (TPSA) is 95.5 Å². The number of carbonyl (C=O) groups is 3. The van der Waals surface area contributed by atoms with E-state index in [2.05, 4.69) is 10.6 Å². The summed E-state index contributed by atoms with van der Waals surface area (Å²) in [6, 6.07) is -0.640. The van der Waals surface area contributed by atoms with Crippen LogP contribution in [0.5, 0.6) is 0 Å². The van der Waals surface area contributed by atoms with E-state index in [9.17, 15) is 14.4 Å². The van der Waals surface area contributed by atoms with Gasteiger partial charge in [-0.25, -0.2) is 0 Å². The summed E-state index contributed by atoms with van der Waals surface area (Å²) in [5.74, 6) is -2.70. The highest BCUT2D eigenvalue weighted by Gasteiger charge is 2.36. The zero-order chi connectivity index (χ0) is 13.7. The Hall–Kier alpha value is -1.59. The molecule has 1 saturated carbocycles. The third-order valence-electron chi connectivity index (χ3n) is 3.42. The van der Waals surface area contributed by atoms with Crippen LogP contribution in [0.4, 0.5) is 0 Å². The normalized spacial score (nSPS) is 25.0. The van der Waals surface area contributed by atoms with Crippen molar-refractivity contribution in [2.75, 3.05) is 7.05 Å². The van der Waals surface area contributed by atoms with Crippen LogP contribution in [0.25, 0.3) is 0 Å². The smallest absolute Gasteiger partial charge is 0.307 e. The predicted octanol–water partition coefficient (Wildman–Crippen LogP) is 0.128. The van der Waals surface area contributed by atoms with Gasteiger partial charge < -0.3 is 15.7 Å². The molecule has 1 rings (SSSR count). The van der Waals surface area contributed by atoms with Crippen LogP contribution in [-0.4, -0.2) is 36.0 Å². The van der Waals surface area contributed by atoms with Gasteiger partial charge in [0.2, 0.25) is 11.8 Å². The van der Waals surface area contributed by atoms with Gasteiger partial charge in [0.05, 0.1) is 11.8 Å². The molecule has 102 valence electrons. The lowest BCUT2D eigenvalue weighted by Gasteiger charge is -2.28. The summed E-state index contributed by atoms with van der Waals surface area (Å²) >= 11 is 0. The SMILES string of the molecule is CNC(=O)C(C)NC(=O)[C@@H]1CCCC[C@@H]1C(=O)O. The highest BCUT2D eigenvalue weighted by molar-refractivity contribution is 5.90. The molecule has 6 heteroatoms.